The summed E-state index contributed by atoms with van der Waals surface area (Å²) >= 11 is 0. The Balaban J connectivity index is 2.93. The van der Waals surface area contributed by atoms with Gasteiger partial charge < -0.3 is 21.1 Å². The van der Waals surface area contributed by atoms with E-state index in [4.69, 9.17) is 10.8 Å². The first-order valence-corrected chi connectivity index (χ1v) is 5.91. The van der Waals surface area contributed by atoms with Gasteiger partial charge >= 0.3 is 0 Å². The summed E-state index contributed by atoms with van der Waals surface area (Å²) in [6.45, 7) is 2.62. The second-order valence-electron chi connectivity index (χ2n) is 4.67. The molecule has 0 heterocycles. The fourth-order valence-corrected chi connectivity index (χ4v) is 1.48. The maximum absolute atomic E-state index is 12.0. The summed E-state index contributed by atoms with van der Waals surface area (Å²) in [6, 6.07) is 5.15. The Morgan fingerprint density at radius 2 is 2.17 bits per heavy atom. The number of anilines is 2. The van der Waals surface area contributed by atoms with Crippen molar-refractivity contribution in [2.45, 2.75) is 6.92 Å². The van der Waals surface area contributed by atoms with Gasteiger partial charge in [0.25, 0.3) is 5.91 Å². The Hall–Kier alpha value is -1.75. The molecule has 1 atom stereocenters. The van der Waals surface area contributed by atoms with Crippen molar-refractivity contribution < 1.29 is 9.90 Å². The molecule has 0 spiro atoms. The van der Waals surface area contributed by atoms with Crippen LogP contribution in [-0.4, -0.2) is 43.2 Å². The lowest BCUT2D eigenvalue weighted by molar-refractivity contribution is 0.0828. The number of rotatable bonds is 5. The Morgan fingerprint density at radius 3 is 2.72 bits per heavy atom. The molecule has 0 radical (unpaired) electrons. The van der Waals surface area contributed by atoms with E-state index in [1.807, 2.05) is 6.92 Å². The summed E-state index contributed by atoms with van der Waals surface area (Å²) < 4.78 is 0. The number of hydrogen-bond acceptors (Lipinski definition) is 4. The van der Waals surface area contributed by atoms with E-state index in [1.165, 1.54) is 4.90 Å². The van der Waals surface area contributed by atoms with Gasteiger partial charge in [0, 0.05) is 38.6 Å². The van der Waals surface area contributed by atoms with Gasteiger partial charge in [-0.15, -0.1) is 0 Å². The van der Waals surface area contributed by atoms with Crippen LogP contribution in [0.25, 0.3) is 0 Å². The number of carbonyl (C=O) groups excluding carboxylic acids is 1. The molecule has 0 bridgehead atoms. The fraction of sp³-hybridized carbons (Fsp3) is 0.462. The lowest BCUT2D eigenvalue weighted by Gasteiger charge is -2.17. The Labute approximate surface area is 108 Å². The van der Waals surface area contributed by atoms with Crippen molar-refractivity contribution in [2.24, 2.45) is 5.92 Å². The van der Waals surface area contributed by atoms with Crippen LogP contribution in [0, 0.1) is 5.92 Å². The van der Waals surface area contributed by atoms with Gasteiger partial charge in [0.15, 0.2) is 0 Å². The van der Waals surface area contributed by atoms with Crippen LogP contribution >= 0.6 is 0 Å². The molecule has 0 aliphatic heterocycles. The minimum absolute atomic E-state index is 0.0749. The van der Waals surface area contributed by atoms with Gasteiger partial charge in [-0.05, 0) is 24.1 Å². The first-order valence-electron chi connectivity index (χ1n) is 5.91. The molecule has 0 saturated carbocycles. The number of aliphatic hydroxyl groups is 1. The van der Waals surface area contributed by atoms with E-state index in [0.717, 1.165) is 0 Å². The van der Waals surface area contributed by atoms with E-state index in [2.05, 4.69) is 5.32 Å². The van der Waals surface area contributed by atoms with Gasteiger partial charge in [-0.1, -0.05) is 6.92 Å². The van der Waals surface area contributed by atoms with Crippen LogP contribution in [0.1, 0.15) is 17.3 Å². The zero-order valence-corrected chi connectivity index (χ0v) is 11.1. The molecule has 0 fully saturated rings. The Kier molecular flexibility index (Phi) is 4.97. The highest BCUT2D eigenvalue weighted by Crippen LogP contribution is 2.20. The average molecular weight is 251 g/mol. The van der Waals surface area contributed by atoms with Crippen molar-refractivity contribution >= 4 is 17.3 Å². The zero-order chi connectivity index (χ0) is 13.7. The highest BCUT2D eigenvalue weighted by molar-refractivity contribution is 5.99. The second-order valence-corrected chi connectivity index (χ2v) is 4.67. The molecule has 100 valence electrons. The highest BCUT2D eigenvalue weighted by Gasteiger charge is 2.13. The van der Waals surface area contributed by atoms with Crippen LogP contribution in [0.5, 0.6) is 0 Å². The predicted octanol–water partition coefficient (Wildman–Crippen LogP) is 1.01. The van der Waals surface area contributed by atoms with Gasteiger partial charge in [-0.2, -0.15) is 0 Å². The zero-order valence-electron chi connectivity index (χ0n) is 11.1. The number of amides is 1. The maximum atomic E-state index is 12.0. The van der Waals surface area contributed by atoms with Crippen molar-refractivity contribution in [3.05, 3.63) is 23.8 Å². The van der Waals surface area contributed by atoms with Crippen molar-refractivity contribution in [1.82, 2.24) is 4.90 Å². The summed E-state index contributed by atoms with van der Waals surface area (Å²) in [4.78, 5) is 13.5. The second kappa shape index (κ2) is 6.26. The number of nitrogen functional groups attached to an aromatic ring is 1. The van der Waals surface area contributed by atoms with Crippen LogP contribution < -0.4 is 11.1 Å². The topological polar surface area (TPSA) is 78.6 Å². The molecule has 0 saturated heterocycles. The summed E-state index contributed by atoms with van der Waals surface area (Å²) in [7, 11) is 3.41. The summed E-state index contributed by atoms with van der Waals surface area (Å²) in [5.41, 5.74) is 7.62. The van der Waals surface area contributed by atoms with Gasteiger partial charge in [-0.3, -0.25) is 4.79 Å². The molecule has 1 amide bonds. The summed E-state index contributed by atoms with van der Waals surface area (Å²) in [5, 5.41) is 12.1. The molecule has 4 N–H and O–H groups in total. The lowest BCUT2D eigenvalue weighted by Crippen LogP contribution is -2.24. The van der Waals surface area contributed by atoms with Crippen molar-refractivity contribution in [3.8, 4) is 0 Å². The highest BCUT2D eigenvalue weighted by atomic mass is 16.3. The third-order valence-electron chi connectivity index (χ3n) is 2.63. The molecule has 1 unspecified atom stereocenters. The van der Waals surface area contributed by atoms with Crippen molar-refractivity contribution in [2.75, 3.05) is 38.3 Å². The fourth-order valence-electron chi connectivity index (χ4n) is 1.48. The van der Waals surface area contributed by atoms with E-state index < -0.39 is 0 Å². The van der Waals surface area contributed by atoms with Crippen LogP contribution in [0.4, 0.5) is 11.4 Å². The molecule has 1 rings (SSSR count). The smallest absolute Gasteiger partial charge is 0.255 e. The van der Waals surface area contributed by atoms with Crippen LogP contribution in [0.2, 0.25) is 0 Å². The van der Waals surface area contributed by atoms with E-state index in [0.29, 0.717) is 23.5 Å². The molecule has 18 heavy (non-hydrogen) atoms. The van der Waals surface area contributed by atoms with Gasteiger partial charge in [0.05, 0.1) is 5.56 Å². The monoisotopic (exact) mass is 251 g/mol. The molecular formula is C13H21N3O2. The number of nitrogens with two attached hydrogens (primary N) is 1. The molecule has 0 aromatic heterocycles. The van der Waals surface area contributed by atoms with Gasteiger partial charge in [-0.25, -0.2) is 0 Å². The first kappa shape index (κ1) is 14.3. The number of hydrogen-bond donors (Lipinski definition) is 3. The molecule has 5 heteroatoms. The number of nitrogens with zero attached hydrogens (tertiary/aromatic N) is 1. The molecule has 5 nitrogen and oxygen atoms in total. The van der Waals surface area contributed by atoms with E-state index in [9.17, 15) is 4.79 Å². The molecule has 1 aromatic rings. The summed E-state index contributed by atoms with van der Waals surface area (Å²) in [5.74, 6) is 0.0443. The minimum atomic E-state index is -0.0749. The van der Waals surface area contributed by atoms with Gasteiger partial charge in [0.2, 0.25) is 0 Å². The third kappa shape index (κ3) is 3.63. The summed E-state index contributed by atoms with van der Waals surface area (Å²) in [6.07, 6.45) is 0. The third-order valence-corrected chi connectivity index (χ3v) is 2.63. The number of nitrogens with one attached hydrogen (secondary N) is 1. The van der Waals surface area contributed by atoms with Crippen LogP contribution in [-0.2, 0) is 0 Å². The van der Waals surface area contributed by atoms with E-state index in [1.54, 1.807) is 32.3 Å². The number of benzene rings is 1. The largest absolute Gasteiger partial charge is 0.399 e. The van der Waals surface area contributed by atoms with Crippen LogP contribution in [0.15, 0.2) is 18.2 Å². The van der Waals surface area contributed by atoms with Crippen LogP contribution in [0.3, 0.4) is 0 Å². The molecule has 0 aliphatic rings. The van der Waals surface area contributed by atoms with E-state index >= 15 is 0 Å². The molecule has 0 aliphatic carbocycles. The van der Waals surface area contributed by atoms with Crippen molar-refractivity contribution in [1.29, 1.82) is 0 Å². The first-order chi connectivity index (χ1) is 8.45. The average Bonchev–Trinajstić information content (AvgIpc) is 2.35. The number of aliphatic hydroxyl groups excluding tert-OH is 1. The molecule has 1 aromatic carbocycles. The quantitative estimate of drug-likeness (QED) is 0.682. The van der Waals surface area contributed by atoms with Crippen molar-refractivity contribution in [3.63, 3.8) is 0 Å². The Bertz CT molecular complexity index is 419. The Morgan fingerprint density at radius 1 is 1.50 bits per heavy atom. The normalized spacial score (nSPS) is 12.0. The van der Waals surface area contributed by atoms with Gasteiger partial charge in [0.1, 0.15) is 0 Å². The standard InChI is InChI=1S/C13H21N3O2/c1-9(8-17)7-15-12-6-10(14)4-5-11(12)13(18)16(2)3/h4-6,9,15,17H,7-8,14H2,1-3H3. The SMILES string of the molecule is CC(CO)CNc1cc(N)ccc1C(=O)N(C)C. The maximum Gasteiger partial charge on any atom is 0.255 e. The lowest BCUT2D eigenvalue weighted by atomic mass is 10.1. The minimum Gasteiger partial charge on any atom is -0.399 e. The van der Waals surface area contributed by atoms with E-state index in [-0.39, 0.29) is 18.4 Å². The predicted molar refractivity (Wildman–Crippen MR) is 73.6 cm³/mol. The number of carbonyl (C=O) groups is 1. The molecular weight excluding hydrogens is 230 g/mol.